The lowest BCUT2D eigenvalue weighted by atomic mass is 9.91. The van der Waals surface area contributed by atoms with Gasteiger partial charge < -0.3 is 4.42 Å². The summed E-state index contributed by atoms with van der Waals surface area (Å²) >= 11 is 5.78. The van der Waals surface area contributed by atoms with Crippen LogP contribution in [0.3, 0.4) is 0 Å². The van der Waals surface area contributed by atoms with Crippen LogP contribution in [0.25, 0.3) is 0 Å². The molecule has 3 N–H and O–H groups in total. The smallest absolute Gasteiger partial charge is 0.193 e. The summed E-state index contributed by atoms with van der Waals surface area (Å²) in [6.45, 7) is 4.45. The molecule has 2 unspecified atom stereocenters. The van der Waals surface area contributed by atoms with Crippen LogP contribution in [0.1, 0.15) is 57.8 Å². The highest BCUT2D eigenvalue weighted by Crippen LogP contribution is 2.28. The number of hydrazine groups is 1. The minimum atomic E-state index is 0.0595. The summed E-state index contributed by atoms with van der Waals surface area (Å²) < 4.78 is 5.41. The summed E-state index contributed by atoms with van der Waals surface area (Å²) in [6.07, 6.45) is 5.93. The summed E-state index contributed by atoms with van der Waals surface area (Å²) in [4.78, 5) is 0. The third-order valence-corrected chi connectivity index (χ3v) is 3.45. The molecule has 1 rings (SSSR count). The molecule has 98 valence electrons. The van der Waals surface area contributed by atoms with E-state index in [1.54, 1.807) is 6.07 Å². The van der Waals surface area contributed by atoms with E-state index in [1.165, 1.54) is 25.7 Å². The first-order valence-corrected chi connectivity index (χ1v) is 6.80. The van der Waals surface area contributed by atoms with Crippen LogP contribution < -0.4 is 11.3 Å². The second kappa shape index (κ2) is 7.75. The van der Waals surface area contributed by atoms with Crippen molar-refractivity contribution in [2.24, 2.45) is 11.8 Å². The van der Waals surface area contributed by atoms with Crippen molar-refractivity contribution in [1.29, 1.82) is 0 Å². The van der Waals surface area contributed by atoms with Gasteiger partial charge in [0, 0.05) is 0 Å². The van der Waals surface area contributed by atoms with Crippen molar-refractivity contribution in [3.63, 3.8) is 0 Å². The van der Waals surface area contributed by atoms with Crippen LogP contribution in [0.15, 0.2) is 16.5 Å². The van der Waals surface area contributed by atoms with E-state index in [9.17, 15) is 0 Å². The molecule has 17 heavy (non-hydrogen) atoms. The second-order valence-corrected chi connectivity index (χ2v) is 4.89. The van der Waals surface area contributed by atoms with E-state index in [4.69, 9.17) is 21.9 Å². The third kappa shape index (κ3) is 4.70. The van der Waals surface area contributed by atoms with Crippen molar-refractivity contribution < 1.29 is 4.42 Å². The van der Waals surface area contributed by atoms with Crippen molar-refractivity contribution in [2.45, 2.75) is 52.0 Å². The first-order chi connectivity index (χ1) is 8.21. The largest absolute Gasteiger partial charge is 0.448 e. The lowest BCUT2D eigenvalue weighted by Gasteiger charge is -2.20. The number of nitrogens with two attached hydrogens (primary N) is 1. The number of nitrogens with one attached hydrogen (secondary N) is 1. The van der Waals surface area contributed by atoms with Gasteiger partial charge in [-0.2, -0.15) is 0 Å². The van der Waals surface area contributed by atoms with E-state index in [2.05, 4.69) is 19.3 Å². The Morgan fingerprint density at radius 2 is 2.18 bits per heavy atom. The Balaban J connectivity index is 2.55. The van der Waals surface area contributed by atoms with E-state index in [-0.39, 0.29) is 6.04 Å². The van der Waals surface area contributed by atoms with Crippen LogP contribution in [0, 0.1) is 5.92 Å². The average molecular weight is 259 g/mol. The van der Waals surface area contributed by atoms with E-state index >= 15 is 0 Å². The van der Waals surface area contributed by atoms with Gasteiger partial charge in [-0.1, -0.05) is 39.5 Å². The van der Waals surface area contributed by atoms with Crippen LogP contribution in [0.5, 0.6) is 0 Å². The fourth-order valence-electron chi connectivity index (χ4n) is 2.10. The van der Waals surface area contributed by atoms with Crippen molar-refractivity contribution in [3.05, 3.63) is 23.1 Å². The molecule has 3 nitrogen and oxygen atoms in total. The Bertz CT molecular complexity index is 314. The van der Waals surface area contributed by atoms with Crippen LogP contribution in [-0.4, -0.2) is 0 Å². The SMILES string of the molecule is CCCCC(CC)CC(NN)c1ccc(Cl)o1. The van der Waals surface area contributed by atoms with Gasteiger partial charge in [-0.05, 0) is 36.1 Å². The zero-order chi connectivity index (χ0) is 12.7. The van der Waals surface area contributed by atoms with Gasteiger partial charge in [0.05, 0.1) is 6.04 Å². The Hall–Kier alpha value is -0.510. The summed E-state index contributed by atoms with van der Waals surface area (Å²) in [5.74, 6) is 7.10. The summed E-state index contributed by atoms with van der Waals surface area (Å²) in [6, 6.07) is 3.71. The minimum absolute atomic E-state index is 0.0595. The first-order valence-electron chi connectivity index (χ1n) is 6.42. The molecular formula is C13H23ClN2O. The highest BCUT2D eigenvalue weighted by molar-refractivity contribution is 6.28. The Morgan fingerprint density at radius 3 is 2.65 bits per heavy atom. The molecule has 0 saturated heterocycles. The number of furan rings is 1. The zero-order valence-electron chi connectivity index (χ0n) is 10.7. The van der Waals surface area contributed by atoms with Gasteiger partial charge in [0.25, 0.3) is 0 Å². The third-order valence-electron chi connectivity index (χ3n) is 3.25. The van der Waals surface area contributed by atoms with Crippen LogP contribution in [0.2, 0.25) is 5.22 Å². The van der Waals surface area contributed by atoms with Crippen LogP contribution in [-0.2, 0) is 0 Å². The first kappa shape index (κ1) is 14.6. The number of unbranched alkanes of at least 4 members (excludes halogenated alkanes) is 1. The van der Waals surface area contributed by atoms with Crippen LogP contribution in [0.4, 0.5) is 0 Å². The molecule has 0 aromatic carbocycles. The maximum absolute atomic E-state index is 5.78. The summed E-state index contributed by atoms with van der Waals surface area (Å²) in [5, 5.41) is 0.418. The lowest BCUT2D eigenvalue weighted by Crippen LogP contribution is -2.29. The maximum atomic E-state index is 5.78. The van der Waals surface area contributed by atoms with Crippen molar-refractivity contribution >= 4 is 11.6 Å². The Labute approximate surface area is 109 Å². The van der Waals surface area contributed by atoms with Gasteiger partial charge in [0.2, 0.25) is 0 Å². The van der Waals surface area contributed by atoms with Crippen molar-refractivity contribution in [2.75, 3.05) is 0 Å². The number of halogens is 1. The standard InChI is InChI=1S/C13H23ClN2O/c1-3-5-6-10(4-2)9-11(16-15)12-7-8-13(14)17-12/h7-8,10-11,16H,3-6,9,15H2,1-2H3. The summed E-state index contributed by atoms with van der Waals surface area (Å²) in [5.41, 5.74) is 2.82. The van der Waals surface area contributed by atoms with Gasteiger partial charge >= 0.3 is 0 Å². The highest BCUT2D eigenvalue weighted by atomic mass is 35.5. The van der Waals surface area contributed by atoms with Crippen molar-refractivity contribution in [1.82, 2.24) is 5.43 Å². The molecule has 2 atom stereocenters. The molecule has 4 heteroatoms. The molecule has 1 aromatic rings. The molecule has 0 aliphatic carbocycles. The maximum Gasteiger partial charge on any atom is 0.193 e. The van der Waals surface area contributed by atoms with Crippen LogP contribution >= 0.6 is 11.6 Å². The van der Waals surface area contributed by atoms with E-state index in [0.29, 0.717) is 11.1 Å². The van der Waals surface area contributed by atoms with Crippen molar-refractivity contribution in [3.8, 4) is 0 Å². The number of hydrogen-bond acceptors (Lipinski definition) is 3. The fraction of sp³-hybridized carbons (Fsp3) is 0.692. The number of hydrogen-bond donors (Lipinski definition) is 2. The molecule has 0 fully saturated rings. The minimum Gasteiger partial charge on any atom is -0.448 e. The molecule has 0 amide bonds. The second-order valence-electron chi connectivity index (χ2n) is 4.51. The Morgan fingerprint density at radius 1 is 1.41 bits per heavy atom. The molecule has 1 heterocycles. The Kier molecular flexibility index (Phi) is 6.63. The molecule has 0 radical (unpaired) electrons. The van der Waals surface area contributed by atoms with E-state index in [0.717, 1.165) is 12.2 Å². The molecule has 0 aliphatic heterocycles. The molecule has 0 bridgehead atoms. The number of rotatable bonds is 8. The average Bonchev–Trinajstić information content (AvgIpc) is 2.76. The van der Waals surface area contributed by atoms with Gasteiger partial charge in [0.15, 0.2) is 5.22 Å². The van der Waals surface area contributed by atoms with E-state index < -0.39 is 0 Å². The molecule has 0 saturated carbocycles. The van der Waals surface area contributed by atoms with E-state index in [1.807, 2.05) is 6.07 Å². The summed E-state index contributed by atoms with van der Waals surface area (Å²) in [7, 11) is 0. The predicted octanol–water partition coefficient (Wildman–Crippen LogP) is 4.04. The predicted molar refractivity (Wildman–Crippen MR) is 71.7 cm³/mol. The molecule has 1 aromatic heterocycles. The van der Waals surface area contributed by atoms with Gasteiger partial charge in [-0.3, -0.25) is 5.84 Å². The van der Waals surface area contributed by atoms with Gasteiger partial charge in [-0.25, -0.2) is 5.43 Å². The monoisotopic (exact) mass is 258 g/mol. The normalized spacial score (nSPS) is 14.8. The highest BCUT2D eigenvalue weighted by Gasteiger charge is 2.18. The molecule has 0 spiro atoms. The topological polar surface area (TPSA) is 51.2 Å². The van der Waals surface area contributed by atoms with Gasteiger partial charge in [-0.15, -0.1) is 0 Å². The lowest BCUT2D eigenvalue weighted by molar-refractivity contribution is 0.321. The molecule has 0 aliphatic rings. The van der Waals surface area contributed by atoms with Gasteiger partial charge in [0.1, 0.15) is 5.76 Å². The quantitative estimate of drug-likeness (QED) is 0.546. The fourth-order valence-corrected chi connectivity index (χ4v) is 2.25. The zero-order valence-corrected chi connectivity index (χ0v) is 11.5. The molecular weight excluding hydrogens is 236 g/mol.